The van der Waals surface area contributed by atoms with Crippen molar-refractivity contribution >= 4 is 17.7 Å². The summed E-state index contributed by atoms with van der Waals surface area (Å²) in [5.41, 5.74) is -0.245. The van der Waals surface area contributed by atoms with Crippen LogP contribution in [-0.4, -0.2) is 27.4 Å². The summed E-state index contributed by atoms with van der Waals surface area (Å²) in [6.45, 7) is 11.8. The number of hydrogen-bond acceptors (Lipinski definition) is 2. The summed E-state index contributed by atoms with van der Waals surface area (Å²) in [4.78, 5) is 11.3. The van der Waals surface area contributed by atoms with Gasteiger partial charge >= 0.3 is 0 Å². The third kappa shape index (κ3) is 2.77. The Morgan fingerprint density at radius 3 is 2.19 bits per heavy atom. The van der Waals surface area contributed by atoms with Gasteiger partial charge in [0.2, 0.25) is 5.91 Å². The van der Waals surface area contributed by atoms with Gasteiger partial charge in [-0.15, -0.1) is 0 Å². The summed E-state index contributed by atoms with van der Waals surface area (Å²) < 4.78 is 1.87. The van der Waals surface area contributed by atoms with Crippen LogP contribution in [0.25, 0.3) is 0 Å². The van der Waals surface area contributed by atoms with Gasteiger partial charge < -0.3 is 5.32 Å². The molecule has 0 aromatic heterocycles. The highest BCUT2D eigenvalue weighted by Gasteiger charge is 2.44. The van der Waals surface area contributed by atoms with Crippen LogP contribution in [0.15, 0.2) is 12.7 Å². The fourth-order valence-electron chi connectivity index (χ4n) is 2.62. The molecule has 1 heterocycles. The van der Waals surface area contributed by atoms with Crippen molar-refractivity contribution in [1.82, 2.24) is 9.74 Å². The number of nitrogens with zero attached hydrogens (tertiary/aromatic N) is 1. The molecule has 3 nitrogen and oxygen atoms in total. The van der Waals surface area contributed by atoms with Crippen LogP contribution in [0.5, 0.6) is 0 Å². The number of rotatable bonds is 2. The Morgan fingerprint density at radius 2 is 1.81 bits per heavy atom. The van der Waals surface area contributed by atoms with E-state index in [1.807, 2.05) is 4.42 Å². The Bertz CT molecular complexity index is 281. The first kappa shape index (κ1) is 13.5. The van der Waals surface area contributed by atoms with Gasteiger partial charge in [-0.3, -0.25) is 4.79 Å². The molecule has 0 radical (unpaired) electrons. The topological polar surface area (TPSA) is 32.3 Å². The highest BCUT2D eigenvalue weighted by Crippen LogP contribution is 2.39. The van der Waals surface area contributed by atoms with Crippen LogP contribution < -0.4 is 5.32 Å². The molecule has 0 aliphatic carbocycles. The lowest BCUT2D eigenvalue weighted by atomic mass is 9.79. The standard InChI is InChI=1S/C12H21ClN2O/c1-6-10(16)14-9-7-11(2,3)15(13)12(4,5)8-9/h6,9H,1,7-8H2,2-5H3,(H,14,16). The van der Waals surface area contributed by atoms with E-state index in [1.165, 1.54) is 6.08 Å². The van der Waals surface area contributed by atoms with Gasteiger partial charge in [-0.1, -0.05) is 6.58 Å². The number of halogens is 1. The van der Waals surface area contributed by atoms with Crippen molar-refractivity contribution in [3.63, 3.8) is 0 Å². The predicted molar refractivity (Wildman–Crippen MR) is 67.2 cm³/mol. The molecule has 0 spiro atoms. The minimum absolute atomic E-state index is 0.111. The molecular weight excluding hydrogens is 224 g/mol. The molecule has 92 valence electrons. The van der Waals surface area contributed by atoms with Crippen LogP contribution in [0.3, 0.4) is 0 Å². The van der Waals surface area contributed by atoms with Crippen molar-refractivity contribution in [2.75, 3.05) is 0 Å². The normalized spacial score (nSPS) is 25.1. The number of piperidine rings is 1. The van der Waals surface area contributed by atoms with Crippen LogP contribution in [0.1, 0.15) is 40.5 Å². The van der Waals surface area contributed by atoms with E-state index in [2.05, 4.69) is 39.6 Å². The molecule has 0 aromatic carbocycles. The van der Waals surface area contributed by atoms with Crippen molar-refractivity contribution < 1.29 is 4.79 Å². The largest absolute Gasteiger partial charge is 0.350 e. The van der Waals surface area contributed by atoms with E-state index < -0.39 is 0 Å². The van der Waals surface area contributed by atoms with Gasteiger partial charge in [-0.05, 0) is 58.4 Å². The van der Waals surface area contributed by atoms with E-state index in [-0.39, 0.29) is 23.0 Å². The van der Waals surface area contributed by atoms with Gasteiger partial charge in [0.1, 0.15) is 0 Å². The minimum Gasteiger partial charge on any atom is -0.350 e. The molecule has 16 heavy (non-hydrogen) atoms. The Labute approximate surface area is 103 Å². The SMILES string of the molecule is C=CC(=O)NC1CC(C)(C)N(Cl)C(C)(C)C1. The lowest BCUT2D eigenvalue weighted by Crippen LogP contribution is -2.60. The van der Waals surface area contributed by atoms with Crippen LogP contribution >= 0.6 is 11.8 Å². The molecule has 0 bridgehead atoms. The van der Waals surface area contributed by atoms with E-state index in [1.54, 1.807) is 0 Å². The van der Waals surface area contributed by atoms with Gasteiger partial charge in [0.15, 0.2) is 0 Å². The van der Waals surface area contributed by atoms with E-state index in [9.17, 15) is 4.79 Å². The Balaban J connectivity index is 2.78. The second-order valence-corrected chi connectivity index (χ2v) is 6.06. The zero-order chi connectivity index (χ0) is 12.6. The Kier molecular flexibility index (Phi) is 3.70. The summed E-state index contributed by atoms with van der Waals surface area (Å²) in [5, 5.41) is 2.96. The number of amides is 1. The summed E-state index contributed by atoms with van der Waals surface area (Å²) >= 11 is 6.34. The van der Waals surface area contributed by atoms with Gasteiger partial charge in [0.25, 0.3) is 0 Å². The first-order valence-corrected chi connectivity index (χ1v) is 5.92. The lowest BCUT2D eigenvalue weighted by molar-refractivity contribution is -0.118. The molecule has 1 aliphatic rings. The van der Waals surface area contributed by atoms with Gasteiger partial charge in [0, 0.05) is 17.1 Å². The highest BCUT2D eigenvalue weighted by atomic mass is 35.5. The van der Waals surface area contributed by atoms with Crippen LogP contribution in [0.2, 0.25) is 0 Å². The molecule has 0 saturated carbocycles. The first-order valence-electron chi connectivity index (χ1n) is 5.58. The average molecular weight is 245 g/mol. The quantitative estimate of drug-likeness (QED) is 0.598. The lowest BCUT2D eigenvalue weighted by Gasteiger charge is -2.51. The maximum atomic E-state index is 11.3. The zero-order valence-electron chi connectivity index (χ0n) is 10.5. The molecule has 0 aromatic rings. The smallest absolute Gasteiger partial charge is 0.243 e. The van der Waals surface area contributed by atoms with Crippen molar-refractivity contribution in [2.45, 2.75) is 57.7 Å². The zero-order valence-corrected chi connectivity index (χ0v) is 11.3. The Hall–Kier alpha value is -0.540. The second-order valence-electron chi connectivity index (χ2n) is 5.72. The third-order valence-electron chi connectivity index (χ3n) is 3.09. The van der Waals surface area contributed by atoms with Crippen molar-refractivity contribution in [2.24, 2.45) is 0 Å². The molecule has 1 saturated heterocycles. The van der Waals surface area contributed by atoms with E-state index >= 15 is 0 Å². The van der Waals surface area contributed by atoms with E-state index in [4.69, 9.17) is 11.8 Å². The molecule has 0 atom stereocenters. The van der Waals surface area contributed by atoms with Crippen molar-refractivity contribution in [1.29, 1.82) is 0 Å². The Morgan fingerprint density at radius 1 is 1.38 bits per heavy atom. The summed E-state index contributed by atoms with van der Waals surface area (Å²) in [6, 6.07) is 0.158. The molecule has 1 N–H and O–H groups in total. The summed E-state index contributed by atoms with van der Waals surface area (Å²) in [5.74, 6) is -0.111. The van der Waals surface area contributed by atoms with Crippen LogP contribution in [-0.2, 0) is 4.79 Å². The maximum absolute atomic E-state index is 11.3. The maximum Gasteiger partial charge on any atom is 0.243 e. The predicted octanol–water partition coefficient (Wildman–Crippen LogP) is 2.46. The average Bonchev–Trinajstić information content (AvgIpc) is 2.13. The second kappa shape index (κ2) is 4.38. The third-order valence-corrected chi connectivity index (χ3v) is 4.00. The molecule has 4 heteroatoms. The monoisotopic (exact) mass is 244 g/mol. The number of hydrogen-bond donors (Lipinski definition) is 1. The molecule has 1 rings (SSSR count). The summed E-state index contributed by atoms with van der Waals surface area (Å²) in [7, 11) is 0. The van der Waals surface area contributed by atoms with Crippen LogP contribution in [0.4, 0.5) is 0 Å². The van der Waals surface area contributed by atoms with Gasteiger partial charge in [-0.2, -0.15) is 0 Å². The molecule has 0 unspecified atom stereocenters. The van der Waals surface area contributed by atoms with Crippen molar-refractivity contribution in [3.8, 4) is 0 Å². The first-order chi connectivity index (χ1) is 7.19. The number of carbonyl (C=O) groups is 1. The van der Waals surface area contributed by atoms with E-state index in [0.717, 1.165) is 12.8 Å². The molecule has 1 fully saturated rings. The van der Waals surface area contributed by atoms with E-state index in [0.29, 0.717) is 0 Å². The minimum atomic E-state index is -0.123. The van der Waals surface area contributed by atoms with Crippen LogP contribution in [0, 0.1) is 0 Å². The molecule has 1 amide bonds. The molecular formula is C12H21ClN2O. The fraction of sp³-hybridized carbons (Fsp3) is 0.750. The van der Waals surface area contributed by atoms with Gasteiger partial charge in [-0.25, -0.2) is 4.42 Å². The highest BCUT2D eigenvalue weighted by molar-refractivity contribution is 6.14. The van der Waals surface area contributed by atoms with Gasteiger partial charge in [0.05, 0.1) is 0 Å². The fourth-order valence-corrected chi connectivity index (χ4v) is 2.76. The number of carbonyl (C=O) groups excluding carboxylic acids is 1. The van der Waals surface area contributed by atoms with Crippen molar-refractivity contribution in [3.05, 3.63) is 12.7 Å². The summed E-state index contributed by atoms with van der Waals surface area (Å²) in [6.07, 6.45) is 3.01. The number of nitrogens with one attached hydrogen (secondary N) is 1. The molecule has 1 aliphatic heterocycles.